The molecule has 6 nitrogen and oxygen atoms in total. The number of rotatable bonds is 6. The maximum atomic E-state index is 11.6. The van der Waals surface area contributed by atoms with Gasteiger partial charge in [-0.25, -0.2) is 4.79 Å². The SMILES string of the molecule is COc1cc(CCNC(=O)OC(C)(C)C)cc(OC)c1OC. The number of hydrogen-bond donors (Lipinski definition) is 1. The molecule has 0 saturated carbocycles. The molecular formula is C16H25NO5. The molecule has 0 fully saturated rings. The van der Waals surface area contributed by atoms with E-state index in [1.165, 1.54) is 0 Å². The van der Waals surface area contributed by atoms with E-state index >= 15 is 0 Å². The summed E-state index contributed by atoms with van der Waals surface area (Å²) in [6, 6.07) is 3.72. The van der Waals surface area contributed by atoms with E-state index in [1.54, 1.807) is 21.3 Å². The summed E-state index contributed by atoms with van der Waals surface area (Å²) in [4.78, 5) is 11.6. The van der Waals surface area contributed by atoms with Gasteiger partial charge in [0.15, 0.2) is 11.5 Å². The van der Waals surface area contributed by atoms with Crippen molar-refractivity contribution >= 4 is 6.09 Å². The van der Waals surface area contributed by atoms with E-state index in [-0.39, 0.29) is 0 Å². The molecule has 1 aromatic carbocycles. The van der Waals surface area contributed by atoms with E-state index in [2.05, 4.69) is 5.32 Å². The van der Waals surface area contributed by atoms with Gasteiger partial charge in [-0.05, 0) is 44.9 Å². The lowest BCUT2D eigenvalue weighted by Gasteiger charge is -2.19. The van der Waals surface area contributed by atoms with Crippen molar-refractivity contribution in [1.29, 1.82) is 0 Å². The van der Waals surface area contributed by atoms with Gasteiger partial charge < -0.3 is 24.3 Å². The molecule has 0 saturated heterocycles. The molecule has 6 heteroatoms. The molecule has 0 unspecified atom stereocenters. The molecule has 1 rings (SSSR count). The predicted molar refractivity (Wildman–Crippen MR) is 84.0 cm³/mol. The first-order chi connectivity index (χ1) is 10.3. The number of methoxy groups -OCH3 is 3. The van der Waals surface area contributed by atoms with Gasteiger partial charge in [0.05, 0.1) is 21.3 Å². The van der Waals surface area contributed by atoms with E-state index in [0.717, 1.165) is 5.56 Å². The zero-order valence-electron chi connectivity index (χ0n) is 14.1. The third-order valence-electron chi connectivity index (χ3n) is 2.81. The van der Waals surface area contributed by atoms with Crippen LogP contribution in [0.1, 0.15) is 26.3 Å². The average Bonchev–Trinajstić information content (AvgIpc) is 2.44. The van der Waals surface area contributed by atoms with Crippen molar-refractivity contribution in [3.63, 3.8) is 0 Å². The van der Waals surface area contributed by atoms with E-state index in [4.69, 9.17) is 18.9 Å². The predicted octanol–water partition coefficient (Wildman–Crippen LogP) is 2.78. The standard InChI is InChI=1S/C16H25NO5/c1-16(2,3)22-15(18)17-8-7-11-9-12(19-4)14(21-6)13(10-11)20-5/h9-10H,7-8H2,1-6H3,(H,17,18). The van der Waals surface area contributed by atoms with Crippen LogP contribution in [0.2, 0.25) is 0 Å². The van der Waals surface area contributed by atoms with Crippen molar-refractivity contribution in [2.75, 3.05) is 27.9 Å². The number of carbonyl (C=O) groups is 1. The molecule has 0 aliphatic heterocycles. The molecule has 0 radical (unpaired) electrons. The topological polar surface area (TPSA) is 66.0 Å². The molecule has 22 heavy (non-hydrogen) atoms. The fourth-order valence-corrected chi connectivity index (χ4v) is 1.90. The Morgan fingerprint density at radius 2 is 1.59 bits per heavy atom. The summed E-state index contributed by atoms with van der Waals surface area (Å²) in [7, 11) is 4.70. The summed E-state index contributed by atoms with van der Waals surface area (Å²) in [5.41, 5.74) is 0.460. The third-order valence-corrected chi connectivity index (χ3v) is 2.81. The molecule has 0 aliphatic rings. The Kier molecular flexibility index (Phi) is 6.34. The quantitative estimate of drug-likeness (QED) is 0.875. The van der Waals surface area contributed by atoms with E-state index in [9.17, 15) is 4.79 Å². The molecule has 0 bridgehead atoms. The van der Waals surface area contributed by atoms with Gasteiger partial charge in [-0.15, -0.1) is 0 Å². The normalized spacial score (nSPS) is 10.8. The van der Waals surface area contributed by atoms with Crippen LogP contribution in [0, 0.1) is 0 Å². The van der Waals surface area contributed by atoms with Crippen molar-refractivity contribution in [2.24, 2.45) is 0 Å². The van der Waals surface area contributed by atoms with Gasteiger partial charge in [0, 0.05) is 6.54 Å². The van der Waals surface area contributed by atoms with E-state index < -0.39 is 11.7 Å². The zero-order valence-corrected chi connectivity index (χ0v) is 14.1. The van der Waals surface area contributed by atoms with Crippen LogP contribution < -0.4 is 19.5 Å². The molecule has 0 aliphatic carbocycles. The number of benzene rings is 1. The fourth-order valence-electron chi connectivity index (χ4n) is 1.90. The van der Waals surface area contributed by atoms with Crippen LogP contribution in [-0.4, -0.2) is 39.6 Å². The molecule has 1 aromatic rings. The summed E-state index contributed by atoms with van der Waals surface area (Å²) >= 11 is 0. The van der Waals surface area contributed by atoms with E-state index in [0.29, 0.717) is 30.2 Å². The van der Waals surface area contributed by atoms with Crippen LogP contribution in [0.5, 0.6) is 17.2 Å². The highest BCUT2D eigenvalue weighted by atomic mass is 16.6. The number of nitrogens with one attached hydrogen (secondary N) is 1. The summed E-state index contributed by atoms with van der Waals surface area (Å²) in [5, 5.41) is 2.72. The molecule has 1 N–H and O–H groups in total. The van der Waals surface area contributed by atoms with Gasteiger partial charge in [0.25, 0.3) is 0 Å². The van der Waals surface area contributed by atoms with E-state index in [1.807, 2.05) is 32.9 Å². The van der Waals surface area contributed by atoms with Crippen LogP contribution in [0.4, 0.5) is 4.79 Å². The fraction of sp³-hybridized carbons (Fsp3) is 0.562. The van der Waals surface area contributed by atoms with Crippen molar-refractivity contribution in [3.05, 3.63) is 17.7 Å². The highest BCUT2D eigenvalue weighted by molar-refractivity contribution is 5.67. The number of alkyl carbamates (subject to hydrolysis) is 1. The maximum absolute atomic E-state index is 11.6. The van der Waals surface area contributed by atoms with Crippen molar-refractivity contribution < 1.29 is 23.7 Å². The van der Waals surface area contributed by atoms with Gasteiger partial charge >= 0.3 is 6.09 Å². The van der Waals surface area contributed by atoms with Gasteiger partial charge in [0.2, 0.25) is 5.75 Å². The molecule has 0 spiro atoms. The molecule has 0 aromatic heterocycles. The van der Waals surface area contributed by atoms with Crippen LogP contribution in [0.25, 0.3) is 0 Å². The first-order valence-corrected chi connectivity index (χ1v) is 7.06. The first kappa shape index (κ1) is 17.9. The molecule has 0 atom stereocenters. The lowest BCUT2D eigenvalue weighted by atomic mass is 10.1. The third kappa shape index (κ3) is 5.35. The van der Waals surface area contributed by atoms with Crippen molar-refractivity contribution in [2.45, 2.75) is 32.8 Å². The van der Waals surface area contributed by atoms with Crippen LogP contribution in [0.3, 0.4) is 0 Å². The molecule has 0 heterocycles. The van der Waals surface area contributed by atoms with Gasteiger partial charge in [-0.3, -0.25) is 0 Å². The lowest BCUT2D eigenvalue weighted by Crippen LogP contribution is -2.33. The summed E-state index contributed by atoms with van der Waals surface area (Å²) in [6.45, 7) is 5.93. The number of hydrogen-bond acceptors (Lipinski definition) is 5. The molecular weight excluding hydrogens is 286 g/mol. The summed E-state index contributed by atoms with van der Waals surface area (Å²) in [6.07, 6.45) is 0.190. The Morgan fingerprint density at radius 3 is 2.00 bits per heavy atom. The lowest BCUT2D eigenvalue weighted by molar-refractivity contribution is 0.0528. The minimum atomic E-state index is -0.503. The van der Waals surface area contributed by atoms with Gasteiger partial charge in [-0.2, -0.15) is 0 Å². The Labute approximate surface area is 131 Å². The minimum absolute atomic E-state index is 0.431. The number of carbonyl (C=O) groups excluding carboxylic acids is 1. The second kappa shape index (κ2) is 7.77. The van der Waals surface area contributed by atoms with Crippen molar-refractivity contribution in [1.82, 2.24) is 5.32 Å². The molecule has 1 amide bonds. The zero-order chi connectivity index (χ0) is 16.8. The van der Waals surface area contributed by atoms with Gasteiger partial charge in [0.1, 0.15) is 5.60 Å². The highest BCUT2D eigenvalue weighted by Crippen LogP contribution is 2.38. The number of amides is 1. The van der Waals surface area contributed by atoms with Crippen LogP contribution in [0.15, 0.2) is 12.1 Å². The summed E-state index contributed by atoms with van der Waals surface area (Å²) < 4.78 is 21.0. The minimum Gasteiger partial charge on any atom is -0.493 e. The number of ether oxygens (including phenoxy) is 4. The second-order valence-electron chi connectivity index (χ2n) is 5.71. The Hall–Kier alpha value is -2.11. The highest BCUT2D eigenvalue weighted by Gasteiger charge is 2.16. The summed E-state index contributed by atoms with van der Waals surface area (Å²) in [5.74, 6) is 1.73. The van der Waals surface area contributed by atoms with Crippen LogP contribution >= 0.6 is 0 Å². The Morgan fingerprint density at radius 1 is 1.05 bits per heavy atom. The largest absolute Gasteiger partial charge is 0.493 e. The first-order valence-electron chi connectivity index (χ1n) is 7.06. The maximum Gasteiger partial charge on any atom is 0.407 e. The average molecular weight is 311 g/mol. The Balaban J connectivity index is 2.68. The molecule has 124 valence electrons. The van der Waals surface area contributed by atoms with Crippen molar-refractivity contribution in [3.8, 4) is 17.2 Å². The second-order valence-corrected chi connectivity index (χ2v) is 5.71. The Bertz CT molecular complexity index is 483. The van der Waals surface area contributed by atoms with Crippen LogP contribution in [-0.2, 0) is 11.2 Å². The van der Waals surface area contributed by atoms with Gasteiger partial charge in [-0.1, -0.05) is 0 Å². The smallest absolute Gasteiger partial charge is 0.407 e. The monoisotopic (exact) mass is 311 g/mol.